The van der Waals surface area contributed by atoms with Gasteiger partial charge in [0, 0.05) is 19.0 Å². The SMILES string of the molecule is COc1ccc(CN=C(NCc2nnc(C)n2C)NCC2(c3ccccc3F)CC2)cc1. The lowest BCUT2D eigenvalue weighted by Crippen LogP contribution is -2.41. The number of rotatable bonds is 8. The summed E-state index contributed by atoms with van der Waals surface area (Å²) in [5.74, 6) is 2.99. The van der Waals surface area contributed by atoms with E-state index in [4.69, 9.17) is 9.73 Å². The van der Waals surface area contributed by atoms with E-state index in [1.807, 2.05) is 54.9 Å². The van der Waals surface area contributed by atoms with Crippen LogP contribution in [0, 0.1) is 12.7 Å². The van der Waals surface area contributed by atoms with E-state index in [-0.39, 0.29) is 11.2 Å². The van der Waals surface area contributed by atoms with E-state index in [9.17, 15) is 4.39 Å². The Balaban J connectivity index is 1.47. The Hall–Kier alpha value is -3.42. The van der Waals surface area contributed by atoms with Crippen molar-refractivity contribution in [2.24, 2.45) is 12.0 Å². The van der Waals surface area contributed by atoms with E-state index in [0.29, 0.717) is 25.6 Å². The van der Waals surface area contributed by atoms with Crippen LogP contribution in [0.2, 0.25) is 0 Å². The van der Waals surface area contributed by atoms with Crippen molar-refractivity contribution in [3.05, 3.63) is 77.1 Å². The Bertz CT molecular complexity index is 1090. The van der Waals surface area contributed by atoms with E-state index in [0.717, 1.165) is 41.4 Å². The summed E-state index contributed by atoms with van der Waals surface area (Å²) < 4.78 is 21.6. The Morgan fingerprint density at radius 2 is 1.88 bits per heavy atom. The molecule has 0 unspecified atom stereocenters. The topological polar surface area (TPSA) is 76.4 Å². The van der Waals surface area contributed by atoms with Gasteiger partial charge in [0.15, 0.2) is 11.8 Å². The molecule has 0 radical (unpaired) electrons. The summed E-state index contributed by atoms with van der Waals surface area (Å²) in [6, 6.07) is 14.9. The number of nitrogens with zero attached hydrogens (tertiary/aromatic N) is 4. The molecule has 7 nitrogen and oxygen atoms in total. The summed E-state index contributed by atoms with van der Waals surface area (Å²) in [6.07, 6.45) is 1.91. The Morgan fingerprint density at radius 1 is 1.12 bits per heavy atom. The number of guanidine groups is 1. The normalized spacial score (nSPS) is 14.8. The summed E-state index contributed by atoms with van der Waals surface area (Å²) in [5.41, 5.74) is 1.65. The first-order valence-corrected chi connectivity index (χ1v) is 10.8. The smallest absolute Gasteiger partial charge is 0.192 e. The van der Waals surface area contributed by atoms with Crippen molar-refractivity contribution in [3.8, 4) is 5.75 Å². The van der Waals surface area contributed by atoms with Gasteiger partial charge in [-0.1, -0.05) is 30.3 Å². The van der Waals surface area contributed by atoms with Crippen molar-refractivity contribution < 1.29 is 9.13 Å². The lowest BCUT2D eigenvalue weighted by atomic mass is 9.95. The predicted octanol–water partition coefficient (Wildman–Crippen LogP) is 3.24. The summed E-state index contributed by atoms with van der Waals surface area (Å²) in [4.78, 5) is 4.75. The zero-order valence-corrected chi connectivity index (χ0v) is 18.7. The van der Waals surface area contributed by atoms with E-state index < -0.39 is 0 Å². The maximum absolute atomic E-state index is 14.4. The molecule has 0 aliphatic heterocycles. The fourth-order valence-corrected chi connectivity index (χ4v) is 3.68. The van der Waals surface area contributed by atoms with Gasteiger partial charge < -0.3 is 19.9 Å². The van der Waals surface area contributed by atoms with Gasteiger partial charge in [0.1, 0.15) is 17.4 Å². The van der Waals surface area contributed by atoms with E-state index in [1.165, 1.54) is 6.07 Å². The van der Waals surface area contributed by atoms with Crippen LogP contribution in [-0.4, -0.2) is 34.4 Å². The molecule has 2 aromatic carbocycles. The second-order valence-corrected chi connectivity index (χ2v) is 8.20. The molecule has 8 heteroatoms. The minimum Gasteiger partial charge on any atom is -0.497 e. The maximum Gasteiger partial charge on any atom is 0.192 e. The van der Waals surface area contributed by atoms with Crippen LogP contribution in [0.1, 0.15) is 35.6 Å². The third kappa shape index (κ3) is 4.90. The molecule has 1 heterocycles. The van der Waals surface area contributed by atoms with Gasteiger partial charge in [-0.15, -0.1) is 10.2 Å². The number of aryl methyl sites for hydroxylation is 1. The van der Waals surface area contributed by atoms with Crippen molar-refractivity contribution in [2.75, 3.05) is 13.7 Å². The minimum atomic E-state index is -0.185. The molecule has 168 valence electrons. The number of halogens is 1. The Labute approximate surface area is 187 Å². The van der Waals surface area contributed by atoms with E-state index >= 15 is 0 Å². The number of hydrogen-bond acceptors (Lipinski definition) is 4. The molecule has 0 amide bonds. The van der Waals surface area contributed by atoms with Crippen LogP contribution < -0.4 is 15.4 Å². The minimum absolute atomic E-state index is 0.147. The highest BCUT2D eigenvalue weighted by Gasteiger charge is 2.45. The molecule has 0 bridgehead atoms. The van der Waals surface area contributed by atoms with Gasteiger partial charge >= 0.3 is 0 Å². The summed E-state index contributed by atoms with van der Waals surface area (Å²) in [7, 11) is 3.59. The van der Waals surface area contributed by atoms with Crippen molar-refractivity contribution in [1.82, 2.24) is 25.4 Å². The molecule has 1 aromatic heterocycles. The van der Waals surface area contributed by atoms with Crippen LogP contribution in [0.4, 0.5) is 4.39 Å². The lowest BCUT2D eigenvalue weighted by Gasteiger charge is -2.20. The average Bonchev–Trinajstić information content (AvgIpc) is 3.54. The number of aromatic nitrogens is 3. The molecule has 0 atom stereocenters. The first-order valence-electron chi connectivity index (χ1n) is 10.8. The first-order chi connectivity index (χ1) is 15.5. The van der Waals surface area contributed by atoms with Crippen LogP contribution in [0.5, 0.6) is 5.75 Å². The Morgan fingerprint density at radius 3 is 2.50 bits per heavy atom. The molecule has 1 aliphatic rings. The average molecular weight is 437 g/mol. The molecule has 0 spiro atoms. The summed E-state index contributed by atoms with van der Waals surface area (Å²) >= 11 is 0. The van der Waals surface area contributed by atoms with Crippen LogP contribution in [-0.2, 0) is 25.6 Å². The predicted molar refractivity (Wildman–Crippen MR) is 122 cm³/mol. The second kappa shape index (κ2) is 9.38. The highest BCUT2D eigenvalue weighted by Crippen LogP contribution is 2.48. The first kappa shape index (κ1) is 21.8. The van der Waals surface area contributed by atoms with Gasteiger partial charge in [0.2, 0.25) is 0 Å². The van der Waals surface area contributed by atoms with E-state index in [1.54, 1.807) is 13.2 Å². The molecule has 0 saturated heterocycles. The van der Waals surface area contributed by atoms with Crippen molar-refractivity contribution in [2.45, 2.75) is 38.3 Å². The molecule has 4 rings (SSSR count). The quantitative estimate of drug-likeness (QED) is 0.419. The maximum atomic E-state index is 14.4. The summed E-state index contributed by atoms with van der Waals surface area (Å²) in [5, 5.41) is 15.1. The molecule has 3 aromatic rings. The number of benzene rings is 2. The largest absolute Gasteiger partial charge is 0.497 e. The fourth-order valence-electron chi connectivity index (χ4n) is 3.68. The highest BCUT2D eigenvalue weighted by atomic mass is 19.1. The van der Waals surface area contributed by atoms with Gasteiger partial charge in [0.05, 0.1) is 20.2 Å². The van der Waals surface area contributed by atoms with Gasteiger partial charge in [0.25, 0.3) is 0 Å². The molecule has 1 aliphatic carbocycles. The fraction of sp³-hybridized carbons (Fsp3) is 0.375. The van der Waals surface area contributed by atoms with Crippen molar-refractivity contribution in [1.29, 1.82) is 0 Å². The molecule has 1 fully saturated rings. The Kier molecular flexibility index (Phi) is 6.39. The number of ether oxygens (including phenoxy) is 1. The zero-order valence-electron chi connectivity index (χ0n) is 18.7. The van der Waals surface area contributed by atoms with Crippen LogP contribution in [0.15, 0.2) is 53.5 Å². The third-order valence-electron chi connectivity index (χ3n) is 6.07. The molecular weight excluding hydrogens is 407 g/mol. The van der Waals surface area contributed by atoms with E-state index in [2.05, 4.69) is 20.8 Å². The molecule has 2 N–H and O–H groups in total. The summed E-state index contributed by atoms with van der Waals surface area (Å²) in [6.45, 7) is 3.52. The lowest BCUT2D eigenvalue weighted by molar-refractivity contribution is 0.414. The van der Waals surface area contributed by atoms with Crippen molar-refractivity contribution in [3.63, 3.8) is 0 Å². The molecular formula is C24H29FN6O. The van der Waals surface area contributed by atoms with Gasteiger partial charge in [-0.05, 0) is 49.1 Å². The standard InChI is InChI=1S/C24H29FN6O/c1-17-29-30-22(31(17)2)15-27-23(26-14-18-8-10-19(32-3)11-9-18)28-16-24(12-13-24)20-6-4-5-7-21(20)25/h4-11H,12-16H2,1-3H3,(H2,26,27,28). The molecule has 32 heavy (non-hydrogen) atoms. The second-order valence-electron chi connectivity index (χ2n) is 8.20. The van der Waals surface area contributed by atoms with Crippen LogP contribution in [0.3, 0.4) is 0 Å². The van der Waals surface area contributed by atoms with Gasteiger partial charge in [-0.3, -0.25) is 0 Å². The van der Waals surface area contributed by atoms with Crippen LogP contribution in [0.25, 0.3) is 0 Å². The number of hydrogen-bond donors (Lipinski definition) is 2. The highest BCUT2D eigenvalue weighted by molar-refractivity contribution is 5.80. The number of nitrogens with one attached hydrogen (secondary N) is 2. The molecule has 1 saturated carbocycles. The number of aliphatic imine (C=N–C) groups is 1. The zero-order chi connectivity index (χ0) is 22.6. The monoisotopic (exact) mass is 436 g/mol. The van der Waals surface area contributed by atoms with Crippen LogP contribution >= 0.6 is 0 Å². The number of methoxy groups -OCH3 is 1. The van der Waals surface area contributed by atoms with Gasteiger partial charge in [-0.2, -0.15) is 0 Å². The van der Waals surface area contributed by atoms with Crippen molar-refractivity contribution >= 4 is 5.96 Å². The van der Waals surface area contributed by atoms with Gasteiger partial charge in [-0.25, -0.2) is 9.38 Å². The third-order valence-corrected chi connectivity index (χ3v) is 6.07.